The number of rotatable bonds is 1. The van der Waals surface area contributed by atoms with Gasteiger partial charge in [-0.25, -0.2) is 0 Å². The number of hydrogen-bond donors (Lipinski definition) is 2. The lowest BCUT2D eigenvalue weighted by Gasteiger charge is -2.05. The number of aromatic hydroxyl groups is 2. The largest absolute Gasteiger partial charge is 0.504 e. The van der Waals surface area contributed by atoms with Gasteiger partial charge in [-0.2, -0.15) is 0 Å². The zero-order valence-electron chi connectivity index (χ0n) is 8.01. The van der Waals surface area contributed by atoms with Gasteiger partial charge in [-0.05, 0) is 11.6 Å². The van der Waals surface area contributed by atoms with E-state index in [1.165, 1.54) is 6.07 Å². The van der Waals surface area contributed by atoms with E-state index < -0.39 is 0 Å². The Morgan fingerprint density at radius 3 is 2.07 bits per heavy atom. The van der Waals surface area contributed by atoms with Crippen molar-refractivity contribution in [2.45, 2.75) is 0 Å². The van der Waals surface area contributed by atoms with Gasteiger partial charge in [0.25, 0.3) is 0 Å². The Bertz CT molecular complexity index is 438. The van der Waals surface area contributed by atoms with Gasteiger partial charge < -0.3 is 15.7 Å². The number of phenols is 2. The van der Waals surface area contributed by atoms with Gasteiger partial charge >= 0.3 is 0 Å². The van der Waals surface area contributed by atoms with Crippen LogP contribution in [0.4, 0.5) is 0 Å². The summed E-state index contributed by atoms with van der Waals surface area (Å²) in [6.45, 7) is 0. The SMILES string of the molecule is O.Oc1cccc(-c2ccccc2)c1O. The topological polar surface area (TPSA) is 72.0 Å². The van der Waals surface area contributed by atoms with Gasteiger partial charge in [-0.3, -0.25) is 0 Å². The Morgan fingerprint density at radius 1 is 0.733 bits per heavy atom. The van der Waals surface area contributed by atoms with Gasteiger partial charge in [0.1, 0.15) is 0 Å². The lowest BCUT2D eigenvalue weighted by Crippen LogP contribution is -1.78. The van der Waals surface area contributed by atoms with E-state index in [9.17, 15) is 10.2 Å². The smallest absolute Gasteiger partial charge is 0.165 e. The molecule has 0 aliphatic carbocycles. The number of hydrogen-bond acceptors (Lipinski definition) is 2. The van der Waals surface area contributed by atoms with Crippen molar-refractivity contribution >= 4 is 0 Å². The Balaban J connectivity index is 0.00000112. The van der Waals surface area contributed by atoms with Crippen LogP contribution in [0, 0.1) is 0 Å². The monoisotopic (exact) mass is 204 g/mol. The highest BCUT2D eigenvalue weighted by Crippen LogP contribution is 2.35. The number of phenolic OH excluding ortho intramolecular Hbond substituents is 2. The van der Waals surface area contributed by atoms with Crippen molar-refractivity contribution in [1.82, 2.24) is 0 Å². The van der Waals surface area contributed by atoms with E-state index in [0.29, 0.717) is 5.56 Å². The molecule has 2 aromatic rings. The molecule has 0 radical (unpaired) electrons. The summed E-state index contributed by atoms with van der Waals surface area (Å²) in [6.07, 6.45) is 0. The Labute approximate surface area is 87.6 Å². The molecule has 15 heavy (non-hydrogen) atoms. The van der Waals surface area contributed by atoms with Crippen LogP contribution in [0.1, 0.15) is 0 Å². The van der Waals surface area contributed by atoms with E-state index in [-0.39, 0.29) is 17.0 Å². The van der Waals surface area contributed by atoms with E-state index in [1.54, 1.807) is 12.1 Å². The summed E-state index contributed by atoms with van der Waals surface area (Å²) in [5, 5.41) is 18.9. The second-order valence-corrected chi connectivity index (χ2v) is 3.04. The van der Waals surface area contributed by atoms with Gasteiger partial charge in [0.05, 0.1) is 0 Å². The first-order chi connectivity index (χ1) is 6.79. The Hall–Kier alpha value is -2.00. The highest BCUT2D eigenvalue weighted by Gasteiger charge is 2.06. The molecule has 0 amide bonds. The van der Waals surface area contributed by atoms with Crippen LogP contribution in [-0.4, -0.2) is 15.7 Å². The fourth-order valence-corrected chi connectivity index (χ4v) is 1.38. The fourth-order valence-electron chi connectivity index (χ4n) is 1.38. The maximum absolute atomic E-state index is 9.60. The average molecular weight is 204 g/mol. The second kappa shape index (κ2) is 4.48. The zero-order chi connectivity index (χ0) is 9.97. The molecule has 78 valence electrons. The minimum Gasteiger partial charge on any atom is -0.504 e. The normalized spacial score (nSPS) is 9.33. The van der Waals surface area contributed by atoms with Crippen molar-refractivity contribution in [2.75, 3.05) is 0 Å². The van der Waals surface area contributed by atoms with E-state index in [1.807, 2.05) is 30.3 Å². The summed E-state index contributed by atoms with van der Waals surface area (Å²) in [5.74, 6) is -0.162. The molecule has 0 unspecified atom stereocenters. The minimum absolute atomic E-state index is 0. The van der Waals surface area contributed by atoms with E-state index in [2.05, 4.69) is 0 Å². The predicted octanol–water partition coefficient (Wildman–Crippen LogP) is 1.94. The standard InChI is InChI=1S/C12H10O2.H2O/c13-11-8-4-7-10(12(11)14)9-5-2-1-3-6-9;/h1-8,13-14H;1H2. The lowest BCUT2D eigenvalue weighted by molar-refractivity contribution is 0.405. The molecular weight excluding hydrogens is 192 g/mol. The molecule has 0 saturated heterocycles. The van der Waals surface area contributed by atoms with Crippen LogP contribution in [0.2, 0.25) is 0 Å². The van der Waals surface area contributed by atoms with Gasteiger partial charge in [-0.1, -0.05) is 42.5 Å². The quantitative estimate of drug-likeness (QED) is 0.697. The number of benzene rings is 2. The molecule has 0 aliphatic heterocycles. The molecule has 0 fully saturated rings. The number of para-hydroxylation sites is 1. The first-order valence-corrected chi connectivity index (χ1v) is 4.35. The van der Waals surface area contributed by atoms with Crippen LogP contribution >= 0.6 is 0 Å². The maximum Gasteiger partial charge on any atom is 0.165 e. The highest BCUT2D eigenvalue weighted by molar-refractivity contribution is 5.72. The summed E-state index contributed by atoms with van der Waals surface area (Å²) in [5.41, 5.74) is 1.53. The van der Waals surface area contributed by atoms with Crippen molar-refractivity contribution < 1.29 is 15.7 Å². The molecule has 2 aromatic carbocycles. The Kier molecular flexibility index (Phi) is 3.31. The summed E-state index contributed by atoms with van der Waals surface area (Å²) in [7, 11) is 0. The van der Waals surface area contributed by atoms with Crippen LogP contribution in [0.5, 0.6) is 11.5 Å². The molecule has 2 rings (SSSR count). The maximum atomic E-state index is 9.60. The van der Waals surface area contributed by atoms with Crippen LogP contribution in [0.3, 0.4) is 0 Å². The molecule has 0 saturated carbocycles. The fraction of sp³-hybridized carbons (Fsp3) is 0. The third-order valence-electron chi connectivity index (χ3n) is 2.10. The molecule has 0 aromatic heterocycles. The lowest BCUT2D eigenvalue weighted by atomic mass is 10.0. The van der Waals surface area contributed by atoms with Crippen molar-refractivity contribution in [3.8, 4) is 22.6 Å². The molecule has 0 aliphatic rings. The predicted molar refractivity (Wildman–Crippen MR) is 58.8 cm³/mol. The highest BCUT2D eigenvalue weighted by atomic mass is 16.3. The third kappa shape index (κ3) is 2.08. The van der Waals surface area contributed by atoms with Gasteiger partial charge in [0.2, 0.25) is 0 Å². The Morgan fingerprint density at radius 2 is 1.40 bits per heavy atom. The summed E-state index contributed by atoms with van der Waals surface area (Å²) in [6, 6.07) is 14.4. The summed E-state index contributed by atoms with van der Waals surface area (Å²) >= 11 is 0. The van der Waals surface area contributed by atoms with Crippen LogP contribution in [0.25, 0.3) is 11.1 Å². The average Bonchev–Trinajstić information content (AvgIpc) is 2.23. The first kappa shape index (κ1) is 11.1. The molecular formula is C12H12O3. The summed E-state index contributed by atoms with van der Waals surface area (Å²) in [4.78, 5) is 0. The van der Waals surface area contributed by atoms with Crippen molar-refractivity contribution in [3.05, 3.63) is 48.5 Å². The van der Waals surface area contributed by atoms with Crippen LogP contribution in [-0.2, 0) is 0 Å². The molecule has 3 heteroatoms. The van der Waals surface area contributed by atoms with E-state index >= 15 is 0 Å². The van der Waals surface area contributed by atoms with Crippen molar-refractivity contribution in [3.63, 3.8) is 0 Å². The van der Waals surface area contributed by atoms with Gasteiger partial charge in [0.15, 0.2) is 11.5 Å². The minimum atomic E-state index is -0.0913. The molecule has 0 bridgehead atoms. The first-order valence-electron chi connectivity index (χ1n) is 4.35. The zero-order valence-corrected chi connectivity index (χ0v) is 8.01. The molecule has 4 N–H and O–H groups in total. The summed E-state index contributed by atoms with van der Waals surface area (Å²) < 4.78 is 0. The second-order valence-electron chi connectivity index (χ2n) is 3.04. The third-order valence-corrected chi connectivity index (χ3v) is 2.10. The molecule has 0 heterocycles. The van der Waals surface area contributed by atoms with Gasteiger partial charge in [-0.15, -0.1) is 0 Å². The molecule has 3 nitrogen and oxygen atoms in total. The van der Waals surface area contributed by atoms with Crippen molar-refractivity contribution in [1.29, 1.82) is 0 Å². The van der Waals surface area contributed by atoms with Crippen molar-refractivity contribution in [2.24, 2.45) is 0 Å². The molecule has 0 atom stereocenters. The van der Waals surface area contributed by atoms with E-state index in [0.717, 1.165) is 5.56 Å². The van der Waals surface area contributed by atoms with Gasteiger partial charge in [0, 0.05) is 5.56 Å². The van der Waals surface area contributed by atoms with E-state index in [4.69, 9.17) is 0 Å². The molecule has 0 spiro atoms. The van der Waals surface area contributed by atoms with Crippen LogP contribution in [0.15, 0.2) is 48.5 Å². The van der Waals surface area contributed by atoms with Crippen LogP contribution < -0.4 is 0 Å².